The van der Waals surface area contributed by atoms with Crippen molar-refractivity contribution in [2.45, 2.75) is 44.4 Å². The average Bonchev–Trinajstić information content (AvgIpc) is 2.72. The van der Waals surface area contributed by atoms with Gasteiger partial charge in [-0.3, -0.25) is 0 Å². The molecule has 0 bridgehead atoms. The lowest BCUT2D eigenvalue weighted by Gasteiger charge is -2.37. The molecule has 0 spiro atoms. The number of hydrogen-bond donors (Lipinski definition) is 1. The summed E-state index contributed by atoms with van der Waals surface area (Å²) >= 11 is 0. The Hall–Kier alpha value is -1.39. The van der Waals surface area contributed by atoms with Crippen molar-refractivity contribution >= 4 is 5.71 Å². The molecule has 0 aliphatic carbocycles. The van der Waals surface area contributed by atoms with Crippen molar-refractivity contribution in [1.29, 1.82) is 0 Å². The van der Waals surface area contributed by atoms with Gasteiger partial charge in [-0.25, -0.2) is 4.90 Å². The summed E-state index contributed by atoms with van der Waals surface area (Å²) in [6.45, 7) is 3.61. The zero-order valence-corrected chi connectivity index (χ0v) is 12.0. The first kappa shape index (κ1) is 13.6. The van der Waals surface area contributed by atoms with Crippen LogP contribution in [0.2, 0.25) is 0 Å². The Bertz CT molecular complexity index is 508. The molecule has 4 heteroatoms. The van der Waals surface area contributed by atoms with Crippen LogP contribution in [-0.2, 0) is 5.60 Å². The minimum atomic E-state index is -1.09. The molecule has 1 aromatic rings. The third kappa shape index (κ3) is 2.13. The highest BCUT2D eigenvalue weighted by atomic mass is 16.5. The van der Waals surface area contributed by atoms with E-state index in [0.29, 0.717) is 12.1 Å². The molecule has 0 radical (unpaired) electrons. The Balaban J connectivity index is 1.97. The molecule has 1 aromatic carbocycles. The van der Waals surface area contributed by atoms with E-state index >= 15 is 0 Å². The summed E-state index contributed by atoms with van der Waals surface area (Å²) < 4.78 is 1.03. The number of hydrogen-bond acceptors (Lipinski definition) is 3. The first-order valence-electron chi connectivity index (χ1n) is 7.44. The van der Waals surface area contributed by atoms with E-state index in [1.807, 2.05) is 37.3 Å². The maximum Gasteiger partial charge on any atom is 0.253 e. The van der Waals surface area contributed by atoms with Crippen molar-refractivity contribution in [2.24, 2.45) is 0 Å². The van der Waals surface area contributed by atoms with Gasteiger partial charge in [-0.05, 0) is 18.4 Å². The number of hydroxylamine groups is 1. The molecule has 3 rings (SSSR count). The molecular formula is C16H22N2O2. The van der Waals surface area contributed by atoms with Crippen LogP contribution in [0.3, 0.4) is 0 Å². The zero-order valence-electron chi connectivity index (χ0n) is 12.0. The number of piperidine rings is 1. The summed E-state index contributed by atoms with van der Waals surface area (Å²) in [5.74, 6) is 0. The topological polar surface area (TPSA) is 49.5 Å². The number of aliphatic hydroxyl groups is 1. The van der Waals surface area contributed by atoms with Crippen LogP contribution in [0.25, 0.3) is 0 Å². The summed E-state index contributed by atoms with van der Waals surface area (Å²) in [5.41, 5.74) is 0.463. The van der Waals surface area contributed by atoms with Crippen LogP contribution >= 0.6 is 0 Å². The van der Waals surface area contributed by atoms with Crippen molar-refractivity contribution in [1.82, 2.24) is 4.90 Å². The second-order valence-corrected chi connectivity index (χ2v) is 6.00. The van der Waals surface area contributed by atoms with Crippen molar-refractivity contribution in [3.8, 4) is 0 Å². The summed E-state index contributed by atoms with van der Waals surface area (Å²) in [4.78, 5) is 2.15. The molecule has 0 aromatic heterocycles. The second-order valence-electron chi connectivity index (χ2n) is 6.00. The Labute approximate surface area is 119 Å². The number of nitrogens with zero attached hydrogens (tertiary/aromatic N) is 2. The lowest BCUT2D eigenvalue weighted by Crippen LogP contribution is -2.53. The van der Waals surface area contributed by atoms with Gasteiger partial charge < -0.3 is 10.3 Å². The van der Waals surface area contributed by atoms with E-state index in [2.05, 4.69) is 4.90 Å². The summed E-state index contributed by atoms with van der Waals surface area (Å²) in [7, 11) is 0. The Morgan fingerprint density at radius 2 is 1.85 bits per heavy atom. The van der Waals surface area contributed by atoms with Crippen LogP contribution in [0.5, 0.6) is 0 Å². The van der Waals surface area contributed by atoms with Crippen LogP contribution < -0.4 is 0 Å². The minimum absolute atomic E-state index is 0.418. The molecule has 2 aliphatic heterocycles. The van der Waals surface area contributed by atoms with Gasteiger partial charge in [0.05, 0.1) is 6.42 Å². The maximum absolute atomic E-state index is 12.5. The van der Waals surface area contributed by atoms with E-state index in [1.165, 1.54) is 6.42 Å². The van der Waals surface area contributed by atoms with Gasteiger partial charge in [0.25, 0.3) is 6.17 Å². The predicted molar refractivity (Wildman–Crippen MR) is 78.5 cm³/mol. The summed E-state index contributed by atoms with van der Waals surface area (Å²) in [6.07, 6.45) is 3.36. The van der Waals surface area contributed by atoms with Crippen LogP contribution in [0.15, 0.2) is 30.3 Å². The summed E-state index contributed by atoms with van der Waals surface area (Å²) in [5, 5.41) is 23.7. The van der Waals surface area contributed by atoms with Crippen molar-refractivity contribution in [3.63, 3.8) is 0 Å². The Kier molecular flexibility index (Phi) is 3.52. The molecule has 108 valence electrons. The van der Waals surface area contributed by atoms with Gasteiger partial charge in [-0.1, -0.05) is 36.8 Å². The number of likely N-dealkylation sites (tertiary alicyclic amines) is 1. The molecule has 1 N–H and O–H groups in total. The average molecular weight is 274 g/mol. The molecule has 20 heavy (non-hydrogen) atoms. The van der Waals surface area contributed by atoms with Gasteiger partial charge in [0.1, 0.15) is 0 Å². The molecular weight excluding hydrogens is 252 g/mol. The lowest BCUT2D eigenvalue weighted by atomic mass is 9.87. The molecule has 4 nitrogen and oxygen atoms in total. The highest BCUT2D eigenvalue weighted by Crippen LogP contribution is 2.38. The monoisotopic (exact) mass is 274 g/mol. The maximum atomic E-state index is 12.5. The summed E-state index contributed by atoms with van der Waals surface area (Å²) in [6, 6.07) is 9.61. The number of benzene rings is 1. The van der Waals surface area contributed by atoms with Gasteiger partial charge >= 0.3 is 0 Å². The highest BCUT2D eigenvalue weighted by molar-refractivity contribution is 5.80. The molecule has 2 atom stereocenters. The Morgan fingerprint density at radius 3 is 2.50 bits per heavy atom. The fourth-order valence-corrected chi connectivity index (χ4v) is 3.55. The molecule has 0 saturated carbocycles. The van der Waals surface area contributed by atoms with E-state index in [1.54, 1.807) is 0 Å². The van der Waals surface area contributed by atoms with E-state index in [0.717, 1.165) is 36.2 Å². The van der Waals surface area contributed by atoms with Crippen molar-refractivity contribution in [2.75, 3.05) is 13.1 Å². The van der Waals surface area contributed by atoms with E-state index < -0.39 is 11.8 Å². The van der Waals surface area contributed by atoms with Crippen molar-refractivity contribution in [3.05, 3.63) is 41.1 Å². The highest BCUT2D eigenvalue weighted by Gasteiger charge is 2.54. The van der Waals surface area contributed by atoms with Crippen LogP contribution in [0.1, 0.15) is 38.2 Å². The standard InChI is InChI=1S/C16H22N2O2/c1-13-12-16(19,14-8-4-2-5-9-14)15(18(13)20)17-10-6-3-7-11-17/h2,4-5,8-9,15,19H,3,6-7,10-12H2,1H3/t15-,16+/m1/s1. The normalized spacial score (nSPS) is 31.8. The van der Waals surface area contributed by atoms with Gasteiger partial charge in [-0.2, -0.15) is 4.74 Å². The quantitative estimate of drug-likeness (QED) is 0.663. The molecule has 0 amide bonds. The lowest BCUT2D eigenvalue weighted by molar-refractivity contribution is -0.545. The molecule has 1 fully saturated rings. The molecule has 0 unspecified atom stereocenters. The largest absolute Gasteiger partial charge is 0.623 e. The zero-order chi connectivity index (χ0) is 14.2. The van der Waals surface area contributed by atoms with E-state index in [4.69, 9.17) is 0 Å². The third-order valence-electron chi connectivity index (χ3n) is 4.56. The van der Waals surface area contributed by atoms with Crippen LogP contribution in [0, 0.1) is 5.21 Å². The Morgan fingerprint density at radius 1 is 1.20 bits per heavy atom. The van der Waals surface area contributed by atoms with Crippen LogP contribution in [0.4, 0.5) is 0 Å². The van der Waals surface area contributed by atoms with Gasteiger partial charge in [0.2, 0.25) is 0 Å². The minimum Gasteiger partial charge on any atom is -0.623 e. The first-order valence-corrected chi connectivity index (χ1v) is 7.44. The van der Waals surface area contributed by atoms with E-state index in [-0.39, 0.29) is 0 Å². The van der Waals surface area contributed by atoms with Gasteiger partial charge in [0, 0.05) is 20.0 Å². The third-order valence-corrected chi connectivity index (χ3v) is 4.56. The molecule has 1 saturated heterocycles. The second kappa shape index (κ2) is 5.19. The SMILES string of the molecule is CC1=[N+]([O-])[C@@H](N2CCCCC2)[C@@](O)(c2ccccc2)C1. The molecule has 2 aliphatic rings. The smallest absolute Gasteiger partial charge is 0.253 e. The molecule has 2 heterocycles. The fourth-order valence-electron chi connectivity index (χ4n) is 3.55. The van der Waals surface area contributed by atoms with Gasteiger partial charge in [0.15, 0.2) is 11.3 Å². The first-order chi connectivity index (χ1) is 9.63. The van der Waals surface area contributed by atoms with E-state index in [9.17, 15) is 10.3 Å². The predicted octanol–water partition coefficient (Wildman–Crippen LogP) is 2.06. The number of rotatable bonds is 2. The fraction of sp³-hybridized carbons (Fsp3) is 0.562. The van der Waals surface area contributed by atoms with Crippen LogP contribution in [-0.4, -0.2) is 39.7 Å². The van der Waals surface area contributed by atoms with Crippen molar-refractivity contribution < 1.29 is 9.85 Å². The van der Waals surface area contributed by atoms with Gasteiger partial charge in [-0.15, -0.1) is 0 Å².